The highest BCUT2D eigenvalue weighted by molar-refractivity contribution is 5.33. The van der Waals surface area contributed by atoms with Crippen molar-refractivity contribution in [2.45, 2.75) is 58.2 Å². The Bertz CT molecular complexity index is 413. The molecule has 19 heavy (non-hydrogen) atoms. The van der Waals surface area contributed by atoms with Crippen LogP contribution in [0.3, 0.4) is 0 Å². The zero-order valence-electron chi connectivity index (χ0n) is 12.8. The molecule has 0 saturated carbocycles. The summed E-state index contributed by atoms with van der Waals surface area (Å²) in [6, 6.07) is 9.89. The molecule has 2 rings (SSSR count). The number of hydrogen-bond donors (Lipinski definition) is 1. The molecule has 0 fully saturated rings. The van der Waals surface area contributed by atoms with Crippen LogP contribution < -0.4 is 5.73 Å². The predicted octanol–water partition coefficient (Wildman–Crippen LogP) is 3.37. The van der Waals surface area contributed by atoms with Crippen LogP contribution in [0, 0.1) is 5.92 Å². The first kappa shape index (κ1) is 14.5. The van der Waals surface area contributed by atoms with Gasteiger partial charge in [0.2, 0.25) is 0 Å². The molecule has 0 heterocycles. The maximum absolute atomic E-state index is 6.52. The molecule has 3 atom stereocenters. The highest BCUT2D eigenvalue weighted by Gasteiger charge is 2.31. The van der Waals surface area contributed by atoms with Gasteiger partial charge in [0.1, 0.15) is 0 Å². The van der Waals surface area contributed by atoms with Crippen LogP contribution in [-0.2, 0) is 6.42 Å². The van der Waals surface area contributed by atoms with Gasteiger partial charge in [-0.1, -0.05) is 38.1 Å². The van der Waals surface area contributed by atoms with Gasteiger partial charge in [-0.15, -0.1) is 0 Å². The summed E-state index contributed by atoms with van der Waals surface area (Å²) in [5.41, 5.74) is 9.31. The number of aryl methyl sites for hydroxylation is 1. The molecule has 1 aromatic rings. The zero-order valence-corrected chi connectivity index (χ0v) is 12.8. The van der Waals surface area contributed by atoms with Gasteiger partial charge in [0.25, 0.3) is 0 Å². The number of nitrogens with zero attached hydrogens (tertiary/aromatic N) is 1. The van der Waals surface area contributed by atoms with E-state index in [-0.39, 0.29) is 6.04 Å². The topological polar surface area (TPSA) is 29.3 Å². The number of rotatable bonds is 4. The standard InChI is InChI=1S/C17H28N2/c1-12(2)11-13(3)19(4)16-10-9-14-7-5-6-8-15(14)17(16)18/h5-8,12-13,16-17H,9-11,18H2,1-4H3. The number of hydrogen-bond acceptors (Lipinski definition) is 2. The van der Waals surface area contributed by atoms with E-state index in [0.717, 1.165) is 12.3 Å². The Labute approximate surface area is 118 Å². The Morgan fingerprint density at radius 1 is 1.26 bits per heavy atom. The van der Waals surface area contributed by atoms with E-state index in [1.807, 2.05) is 0 Å². The molecular formula is C17H28N2. The van der Waals surface area contributed by atoms with Crippen molar-refractivity contribution < 1.29 is 0 Å². The van der Waals surface area contributed by atoms with E-state index in [1.165, 1.54) is 24.0 Å². The van der Waals surface area contributed by atoms with Crippen molar-refractivity contribution in [3.63, 3.8) is 0 Å². The lowest BCUT2D eigenvalue weighted by molar-refractivity contribution is 0.131. The zero-order chi connectivity index (χ0) is 14.0. The van der Waals surface area contributed by atoms with Gasteiger partial charge in [0, 0.05) is 18.1 Å². The van der Waals surface area contributed by atoms with Crippen LogP contribution in [0.15, 0.2) is 24.3 Å². The van der Waals surface area contributed by atoms with Gasteiger partial charge < -0.3 is 5.73 Å². The second kappa shape index (κ2) is 6.06. The molecular weight excluding hydrogens is 232 g/mol. The molecule has 1 aliphatic rings. The second-order valence-electron chi connectivity index (χ2n) is 6.47. The van der Waals surface area contributed by atoms with Crippen LogP contribution in [-0.4, -0.2) is 24.0 Å². The Hall–Kier alpha value is -0.860. The summed E-state index contributed by atoms with van der Waals surface area (Å²) in [7, 11) is 2.24. The first-order chi connectivity index (χ1) is 9.00. The van der Waals surface area contributed by atoms with E-state index in [2.05, 4.69) is 57.0 Å². The normalized spacial score (nSPS) is 24.6. The quantitative estimate of drug-likeness (QED) is 0.899. The van der Waals surface area contributed by atoms with E-state index < -0.39 is 0 Å². The Kier molecular flexibility index (Phi) is 4.64. The maximum Gasteiger partial charge on any atom is 0.0455 e. The van der Waals surface area contributed by atoms with Crippen molar-refractivity contribution in [1.82, 2.24) is 4.90 Å². The molecule has 2 nitrogen and oxygen atoms in total. The first-order valence-corrected chi connectivity index (χ1v) is 7.56. The maximum atomic E-state index is 6.52. The summed E-state index contributed by atoms with van der Waals surface area (Å²) in [6.07, 6.45) is 3.58. The van der Waals surface area contributed by atoms with Crippen molar-refractivity contribution in [1.29, 1.82) is 0 Å². The second-order valence-corrected chi connectivity index (χ2v) is 6.47. The molecule has 0 amide bonds. The number of fused-ring (bicyclic) bond motifs is 1. The third kappa shape index (κ3) is 3.18. The van der Waals surface area contributed by atoms with Crippen LogP contribution in [0.1, 0.15) is 50.8 Å². The van der Waals surface area contributed by atoms with Crippen LogP contribution in [0.2, 0.25) is 0 Å². The summed E-state index contributed by atoms with van der Waals surface area (Å²) in [4.78, 5) is 2.50. The summed E-state index contributed by atoms with van der Waals surface area (Å²) < 4.78 is 0. The highest BCUT2D eigenvalue weighted by Crippen LogP contribution is 2.32. The number of nitrogens with two attached hydrogens (primary N) is 1. The molecule has 0 saturated heterocycles. The van der Waals surface area contributed by atoms with Crippen LogP contribution >= 0.6 is 0 Å². The Balaban J connectivity index is 2.11. The van der Waals surface area contributed by atoms with Gasteiger partial charge in [-0.25, -0.2) is 0 Å². The van der Waals surface area contributed by atoms with Crippen molar-refractivity contribution in [2.24, 2.45) is 11.7 Å². The molecule has 106 valence electrons. The largest absolute Gasteiger partial charge is 0.323 e. The third-order valence-electron chi connectivity index (χ3n) is 4.57. The third-order valence-corrected chi connectivity index (χ3v) is 4.57. The molecule has 0 bridgehead atoms. The van der Waals surface area contributed by atoms with E-state index in [4.69, 9.17) is 5.73 Å². The molecule has 1 aliphatic carbocycles. The van der Waals surface area contributed by atoms with E-state index >= 15 is 0 Å². The fraction of sp³-hybridized carbons (Fsp3) is 0.647. The Morgan fingerprint density at radius 2 is 1.95 bits per heavy atom. The molecule has 2 heteroatoms. The summed E-state index contributed by atoms with van der Waals surface area (Å²) >= 11 is 0. The van der Waals surface area contributed by atoms with E-state index in [0.29, 0.717) is 12.1 Å². The number of benzene rings is 1. The van der Waals surface area contributed by atoms with Gasteiger partial charge in [0.15, 0.2) is 0 Å². The highest BCUT2D eigenvalue weighted by atomic mass is 15.2. The summed E-state index contributed by atoms with van der Waals surface area (Å²) in [5.74, 6) is 0.740. The molecule has 1 aromatic carbocycles. The van der Waals surface area contributed by atoms with Crippen LogP contribution in [0.4, 0.5) is 0 Å². The lowest BCUT2D eigenvalue weighted by Gasteiger charge is -2.40. The van der Waals surface area contributed by atoms with E-state index in [1.54, 1.807) is 0 Å². The summed E-state index contributed by atoms with van der Waals surface area (Å²) in [6.45, 7) is 6.91. The van der Waals surface area contributed by atoms with Crippen LogP contribution in [0.25, 0.3) is 0 Å². The fourth-order valence-corrected chi connectivity index (χ4v) is 3.41. The van der Waals surface area contributed by atoms with Crippen molar-refractivity contribution >= 4 is 0 Å². The molecule has 0 aliphatic heterocycles. The average Bonchev–Trinajstić information content (AvgIpc) is 2.38. The fourth-order valence-electron chi connectivity index (χ4n) is 3.41. The molecule has 0 aromatic heterocycles. The predicted molar refractivity (Wildman–Crippen MR) is 82.2 cm³/mol. The lowest BCUT2D eigenvalue weighted by Crippen LogP contribution is -2.47. The minimum Gasteiger partial charge on any atom is -0.323 e. The molecule has 0 spiro atoms. The van der Waals surface area contributed by atoms with Crippen molar-refractivity contribution in [3.05, 3.63) is 35.4 Å². The minimum atomic E-state index is 0.157. The van der Waals surface area contributed by atoms with Gasteiger partial charge in [0.05, 0.1) is 0 Å². The smallest absolute Gasteiger partial charge is 0.0455 e. The molecule has 0 radical (unpaired) electrons. The van der Waals surface area contributed by atoms with Crippen molar-refractivity contribution in [2.75, 3.05) is 7.05 Å². The summed E-state index contributed by atoms with van der Waals surface area (Å²) in [5, 5.41) is 0. The number of likely N-dealkylation sites (N-methyl/N-ethyl adjacent to an activating group) is 1. The van der Waals surface area contributed by atoms with E-state index in [9.17, 15) is 0 Å². The first-order valence-electron chi connectivity index (χ1n) is 7.56. The lowest BCUT2D eigenvalue weighted by atomic mass is 9.83. The minimum absolute atomic E-state index is 0.157. The molecule has 2 N–H and O–H groups in total. The average molecular weight is 260 g/mol. The SMILES string of the molecule is CC(C)CC(C)N(C)C1CCc2ccccc2C1N. The van der Waals surface area contributed by atoms with Gasteiger partial charge in [-0.3, -0.25) is 4.90 Å². The van der Waals surface area contributed by atoms with Gasteiger partial charge >= 0.3 is 0 Å². The Morgan fingerprint density at radius 3 is 2.63 bits per heavy atom. The van der Waals surface area contributed by atoms with Gasteiger partial charge in [-0.05, 0) is 50.3 Å². The van der Waals surface area contributed by atoms with Crippen molar-refractivity contribution in [3.8, 4) is 0 Å². The van der Waals surface area contributed by atoms with Crippen LogP contribution in [0.5, 0.6) is 0 Å². The molecule has 3 unspecified atom stereocenters. The van der Waals surface area contributed by atoms with Gasteiger partial charge in [-0.2, -0.15) is 0 Å². The monoisotopic (exact) mass is 260 g/mol.